The van der Waals surface area contributed by atoms with Gasteiger partial charge in [-0.05, 0) is 54.4 Å². The molecule has 0 aromatic heterocycles. The van der Waals surface area contributed by atoms with Crippen LogP contribution in [0, 0.1) is 6.92 Å². The van der Waals surface area contributed by atoms with E-state index in [9.17, 15) is 16.8 Å². The number of ether oxygens (including phenoxy) is 1. The van der Waals surface area contributed by atoms with Gasteiger partial charge in [0.2, 0.25) is 10.0 Å². The summed E-state index contributed by atoms with van der Waals surface area (Å²) >= 11 is 0. The quantitative estimate of drug-likeness (QED) is 0.549. The van der Waals surface area contributed by atoms with Crippen LogP contribution in [-0.4, -0.2) is 23.9 Å². The molecule has 0 radical (unpaired) electrons. The van der Waals surface area contributed by atoms with Crippen LogP contribution >= 0.6 is 0 Å². The third kappa shape index (κ3) is 5.31. The Balaban J connectivity index is 1.75. The molecule has 3 aromatic carbocycles. The molecule has 0 saturated carbocycles. The fraction of sp³-hybridized carbons (Fsp3) is 0.143. The number of para-hydroxylation sites is 2. The van der Waals surface area contributed by atoms with E-state index >= 15 is 0 Å². The Hall–Kier alpha value is -3.04. The summed E-state index contributed by atoms with van der Waals surface area (Å²) in [5.74, 6) is 0.219. The number of hydrogen-bond donors (Lipinski definition) is 2. The van der Waals surface area contributed by atoms with Crippen LogP contribution in [0.4, 0.5) is 11.4 Å². The number of nitrogens with one attached hydrogen (secondary N) is 2. The summed E-state index contributed by atoms with van der Waals surface area (Å²) < 4.78 is 60.3. The van der Waals surface area contributed by atoms with Gasteiger partial charge in [-0.1, -0.05) is 36.4 Å². The maximum Gasteiger partial charge on any atom is 0.262 e. The summed E-state index contributed by atoms with van der Waals surface area (Å²) in [5, 5.41) is 0. The molecule has 9 heteroatoms. The molecule has 0 unspecified atom stereocenters. The second-order valence-electron chi connectivity index (χ2n) is 6.62. The molecule has 0 atom stereocenters. The minimum atomic E-state index is -3.87. The lowest BCUT2D eigenvalue weighted by molar-refractivity contribution is 0.417. The molecule has 0 spiro atoms. The molecule has 0 aliphatic carbocycles. The highest BCUT2D eigenvalue weighted by atomic mass is 32.2. The van der Waals surface area contributed by atoms with Crippen molar-refractivity contribution in [1.29, 1.82) is 0 Å². The van der Waals surface area contributed by atoms with Crippen LogP contribution in [0.3, 0.4) is 0 Å². The minimum absolute atomic E-state index is 0.00439. The molecule has 2 N–H and O–H groups in total. The Labute approximate surface area is 176 Å². The van der Waals surface area contributed by atoms with E-state index in [4.69, 9.17) is 4.74 Å². The van der Waals surface area contributed by atoms with Crippen LogP contribution in [0.2, 0.25) is 0 Å². The normalized spacial score (nSPS) is 11.7. The van der Waals surface area contributed by atoms with Crippen molar-refractivity contribution in [2.75, 3.05) is 16.6 Å². The van der Waals surface area contributed by atoms with Crippen LogP contribution < -0.4 is 14.2 Å². The molecule has 0 saturated heterocycles. The predicted molar refractivity (Wildman–Crippen MR) is 118 cm³/mol. The number of anilines is 2. The maximum atomic E-state index is 12.6. The van der Waals surface area contributed by atoms with E-state index in [0.717, 1.165) is 5.56 Å². The first kappa shape index (κ1) is 21.7. The Kier molecular flexibility index (Phi) is 6.33. The first-order valence-electron chi connectivity index (χ1n) is 9.01. The monoisotopic (exact) mass is 446 g/mol. The number of hydrogen-bond acceptors (Lipinski definition) is 5. The fourth-order valence-corrected chi connectivity index (χ4v) is 5.20. The summed E-state index contributed by atoms with van der Waals surface area (Å²) in [6.45, 7) is 1.85. The molecule has 158 valence electrons. The minimum Gasteiger partial charge on any atom is -0.495 e. The van der Waals surface area contributed by atoms with Crippen molar-refractivity contribution < 1.29 is 21.6 Å². The van der Waals surface area contributed by atoms with Crippen molar-refractivity contribution in [3.63, 3.8) is 0 Å². The largest absolute Gasteiger partial charge is 0.495 e. The molecule has 0 heterocycles. The van der Waals surface area contributed by atoms with Gasteiger partial charge in [-0.2, -0.15) is 0 Å². The van der Waals surface area contributed by atoms with E-state index in [2.05, 4.69) is 9.44 Å². The zero-order valence-corrected chi connectivity index (χ0v) is 18.1. The van der Waals surface area contributed by atoms with Crippen molar-refractivity contribution in [2.24, 2.45) is 0 Å². The summed E-state index contributed by atoms with van der Waals surface area (Å²) in [4.78, 5) is -0.00439. The number of sulfonamides is 2. The zero-order chi connectivity index (χ0) is 21.8. The number of aryl methyl sites for hydroxylation is 1. The van der Waals surface area contributed by atoms with E-state index in [1.165, 1.54) is 31.4 Å². The Bertz CT molecular complexity index is 1240. The van der Waals surface area contributed by atoms with Crippen LogP contribution in [0.25, 0.3) is 0 Å². The van der Waals surface area contributed by atoms with E-state index in [1.54, 1.807) is 36.4 Å². The second kappa shape index (κ2) is 8.76. The molecule has 0 fully saturated rings. The van der Waals surface area contributed by atoms with E-state index in [1.807, 2.05) is 19.1 Å². The van der Waals surface area contributed by atoms with Gasteiger partial charge in [0.1, 0.15) is 5.75 Å². The summed E-state index contributed by atoms with van der Waals surface area (Å²) in [6, 6.07) is 19.4. The highest BCUT2D eigenvalue weighted by molar-refractivity contribution is 7.92. The number of methoxy groups -OCH3 is 1. The van der Waals surface area contributed by atoms with Crippen molar-refractivity contribution in [2.45, 2.75) is 17.6 Å². The topological polar surface area (TPSA) is 102 Å². The molecule has 30 heavy (non-hydrogen) atoms. The molecule has 0 bridgehead atoms. The number of benzene rings is 3. The zero-order valence-electron chi connectivity index (χ0n) is 16.5. The SMILES string of the molecule is COc1ccccc1NS(=O)(=O)c1ccc(NS(=O)(=O)Cc2ccccc2C)cc1. The van der Waals surface area contributed by atoms with Crippen LogP contribution in [-0.2, 0) is 25.8 Å². The van der Waals surface area contributed by atoms with Gasteiger partial charge in [0, 0.05) is 5.69 Å². The standard InChI is InChI=1S/C21H22N2O5S2/c1-16-7-3-4-8-17(16)15-29(24,25)22-18-11-13-19(14-12-18)30(26,27)23-20-9-5-6-10-21(20)28-2/h3-14,22-23H,15H2,1-2H3. The van der Waals surface area contributed by atoms with Crippen molar-refractivity contribution in [1.82, 2.24) is 0 Å². The molecule has 0 aliphatic heterocycles. The van der Waals surface area contributed by atoms with Crippen molar-refractivity contribution >= 4 is 31.4 Å². The van der Waals surface area contributed by atoms with Gasteiger partial charge in [-0.25, -0.2) is 16.8 Å². The number of rotatable bonds is 8. The van der Waals surface area contributed by atoms with Crippen LogP contribution in [0.15, 0.2) is 77.7 Å². The predicted octanol–water partition coefficient (Wildman–Crippen LogP) is 3.75. The van der Waals surface area contributed by atoms with Gasteiger partial charge < -0.3 is 4.74 Å². The smallest absolute Gasteiger partial charge is 0.262 e. The Morgan fingerprint density at radius 3 is 2.10 bits per heavy atom. The van der Waals surface area contributed by atoms with Gasteiger partial charge in [0.15, 0.2) is 0 Å². The highest BCUT2D eigenvalue weighted by Gasteiger charge is 2.18. The van der Waals surface area contributed by atoms with Gasteiger partial charge in [0.25, 0.3) is 10.0 Å². The Morgan fingerprint density at radius 1 is 0.800 bits per heavy atom. The summed E-state index contributed by atoms with van der Waals surface area (Å²) in [5.41, 5.74) is 2.17. The highest BCUT2D eigenvalue weighted by Crippen LogP contribution is 2.26. The van der Waals surface area contributed by atoms with Gasteiger partial charge >= 0.3 is 0 Å². The van der Waals surface area contributed by atoms with E-state index in [-0.39, 0.29) is 16.3 Å². The van der Waals surface area contributed by atoms with E-state index < -0.39 is 20.0 Å². The fourth-order valence-electron chi connectivity index (χ4n) is 2.83. The van der Waals surface area contributed by atoms with Crippen LogP contribution in [0.1, 0.15) is 11.1 Å². The molecule has 7 nitrogen and oxygen atoms in total. The lowest BCUT2D eigenvalue weighted by atomic mass is 10.1. The molecule has 0 aliphatic rings. The third-order valence-corrected chi connectivity index (χ3v) is 7.02. The lowest BCUT2D eigenvalue weighted by Crippen LogP contribution is -2.16. The average molecular weight is 447 g/mol. The van der Waals surface area contributed by atoms with E-state index in [0.29, 0.717) is 17.0 Å². The molecular weight excluding hydrogens is 424 g/mol. The summed E-state index contributed by atoms with van der Waals surface area (Å²) in [6.07, 6.45) is 0. The van der Waals surface area contributed by atoms with Crippen molar-refractivity contribution in [3.8, 4) is 5.75 Å². The Morgan fingerprint density at radius 2 is 1.43 bits per heavy atom. The van der Waals surface area contributed by atoms with Crippen molar-refractivity contribution in [3.05, 3.63) is 83.9 Å². The van der Waals surface area contributed by atoms with Crippen LogP contribution in [0.5, 0.6) is 5.75 Å². The molecule has 3 rings (SSSR count). The molecule has 3 aromatic rings. The van der Waals surface area contributed by atoms with Gasteiger partial charge in [0.05, 0.1) is 23.4 Å². The average Bonchev–Trinajstić information content (AvgIpc) is 2.70. The molecular formula is C21H22N2O5S2. The first-order chi connectivity index (χ1) is 14.2. The maximum absolute atomic E-state index is 12.6. The summed E-state index contributed by atoms with van der Waals surface area (Å²) in [7, 11) is -6.07. The first-order valence-corrected chi connectivity index (χ1v) is 12.1. The molecule has 0 amide bonds. The third-order valence-electron chi connectivity index (χ3n) is 4.40. The second-order valence-corrected chi connectivity index (χ2v) is 10.0. The lowest BCUT2D eigenvalue weighted by Gasteiger charge is -2.13. The van der Waals surface area contributed by atoms with Gasteiger partial charge in [-0.15, -0.1) is 0 Å². The van der Waals surface area contributed by atoms with Gasteiger partial charge in [-0.3, -0.25) is 9.44 Å².